The molecule has 0 aromatic carbocycles. The van der Waals surface area contributed by atoms with Crippen molar-refractivity contribution in [2.24, 2.45) is 17.8 Å². The van der Waals surface area contributed by atoms with E-state index in [0.29, 0.717) is 11.8 Å². The summed E-state index contributed by atoms with van der Waals surface area (Å²) < 4.78 is 0. The van der Waals surface area contributed by atoms with E-state index in [1.165, 1.54) is 0 Å². The zero-order valence-corrected chi connectivity index (χ0v) is 11.6. The second-order valence-electron chi connectivity index (χ2n) is 5.91. The number of nitrogens with zero attached hydrogens (tertiary/aromatic N) is 1. The Morgan fingerprint density at radius 2 is 2.06 bits per heavy atom. The van der Waals surface area contributed by atoms with Crippen molar-refractivity contribution in [2.45, 2.75) is 53.0 Å². The molecular formula is C14H27NO2. The number of carboxylic acid groups (broad SMARTS) is 1. The number of rotatable bonds is 5. The van der Waals surface area contributed by atoms with E-state index < -0.39 is 5.97 Å². The van der Waals surface area contributed by atoms with Crippen LogP contribution in [-0.2, 0) is 4.79 Å². The molecule has 17 heavy (non-hydrogen) atoms. The maximum absolute atomic E-state index is 11.4. The fourth-order valence-corrected chi connectivity index (χ4v) is 3.01. The van der Waals surface area contributed by atoms with Crippen LogP contribution in [0.15, 0.2) is 0 Å². The highest BCUT2D eigenvalue weighted by Gasteiger charge is 2.36. The van der Waals surface area contributed by atoms with Gasteiger partial charge < -0.3 is 5.11 Å². The third kappa shape index (κ3) is 3.98. The fraction of sp³-hybridized carbons (Fsp3) is 0.929. The average molecular weight is 241 g/mol. The summed E-state index contributed by atoms with van der Waals surface area (Å²) in [6.07, 6.45) is 2.94. The minimum absolute atomic E-state index is 0.162. The summed E-state index contributed by atoms with van der Waals surface area (Å²) in [6, 6.07) is 0.239. The number of carbonyl (C=O) groups is 1. The van der Waals surface area contributed by atoms with Crippen LogP contribution in [0.3, 0.4) is 0 Å². The Labute approximate surface area is 105 Å². The molecule has 3 nitrogen and oxygen atoms in total. The second kappa shape index (κ2) is 6.39. The van der Waals surface area contributed by atoms with Gasteiger partial charge in [0.25, 0.3) is 0 Å². The van der Waals surface area contributed by atoms with E-state index in [2.05, 4.69) is 32.6 Å². The molecule has 0 radical (unpaired) electrons. The molecule has 0 heterocycles. The number of aliphatic carboxylic acids is 1. The van der Waals surface area contributed by atoms with Gasteiger partial charge in [-0.2, -0.15) is 0 Å². The second-order valence-corrected chi connectivity index (χ2v) is 5.91. The Morgan fingerprint density at radius 1 is 1.41 bits per heavy atom. The van der Waals surface area contributed by atoms with Crippen LogP contribution in [0.1, 0.15) is 47.0 Å². The lowest BCUT2D eigenvalue weighted by atomic mass is 9.78. The molecule has 1 N–H and O–H groups in total. The van der Waals surface area contributed by atoms with E-state index in [9.17, 15) is 9.90 Å². The van der Waals surface area contributed by atoms with E-state index in [1.54, 1.807) is 0 Å². The largest absolute Gasteiger partial charge is 0.481 e. The smallest absolute Gasteiger partial charge is 0.308 e. The van der Waals surface area contributed by atoms with Gasteiger partial charge in [0.05, 0.1) is 5.92 Å². The third-order valence-corrected chi connectivity index (χ3v) is 3.87. The van der Waals surface area contributed by atoms with E-state index in [4.69, 9.17) is 0 Å². The van der Waals surface area contributed by atoms with Crippen LogP contribution < -0.4 is 0 Å². The summed E-state index contributed by atoms with van der Waals surface area (Å²) in [6.45, 7) is 10.8. The lowest BCUT2D eigenvalue weighted by molar-refractivity contribution is -0.146. The maximum atomic E-state index is 11.4. The van der Waals surface area contributed by atoms with Gasteiger partial charge in [0.1, 0.15) is 0 Å². The minimum Gasteiger partial charge on any atom is -0.481 e. The molecule has 3 unspecified atom stereocenters. The van der Waals surface area contributed by atoms with Crippen LogP contribution in [-0.4, -0.2) is 35.1 Å². The first-order valence-electron chi connectivity index (χ1n) is 6.92. The summed E-state index contributed by atoms with van der Waals surface area (Å²) in [5, 5.41) is 9.35. The molecular weight excluding hydrogens is 214 g/mol. The van der Waals surface area contributed by atoms with Gasteiger partial charge in [0.2, 0.25) is 0 Å². The molecule has 1 fully saturated rings. The number of hydrogen-bond acceptors (Lipinski definition) is 2. The molecule has 100 valence electrons. The third-order valence-electron chi connectivity index (χ3n) is 3.87. The van der Waals surface area contributed by atoms with Gasteiger partial charge in [0.15, 0.2) is 0 Å². The highest BCUT2D eigenvalue weighted by molar-refractivity contribution is 5.71. The van der Waals surface area contributed by atoms with Crippen molar-refractivity contribution >= 4 is 5.97 Å². The normalized spacial score (nSPS) is 29.9. The standard InChI is InChI=1S/C14H27NO2/c1-5-15(9-10(2)3)13-8-11(4)6-7-12(13)14(16)17/h10-13H,5-9H2,1-4H3,(H,16,17). The van der Waals surface area contributed by atoms with Crippen LogP contribution in [0, 0.1) is 17.8 Å². The lowest BCUT2D eigenvalue weighted by Crippen LogP contribution is -2.48. The molecule has 0 aromatic rings. The molecule has 0 aliphatic heterocycles. The average Bonchev–Trinajstić information content (AvgIpc) is 2.25. The van der Waals surface area contributed by atoms with Gasteiger partial charge in [-0.15, -0.1) is 0 Å². The van der Waals surface area contributed by atoms with Crippen molar-refractivity contribution in [3.8, 4) is 0 Å². The van der Waals surface area contributed by atoms with E-state index in [-0.39, 0.29) is 12.0 Å². The Kier molecular flexibility index (Phi) is 5.44. The van der Waals surface area contributed by atoms with Gasteiger partial charge >= 0.3 is 5.97 Å². The van der Waals surface area contributed by atoms with Crippen LogP contribution >= 0.6 is 0 Å². The van der Waals surface area contributed by atoms with Crippen LogP contribution in [0.4, 0.5) is 0 Å². The van der Waals surface area contributed by atoms with Crippen molar-refractivity contribution in [1.82, 2.24) is 4.90 Å². The van der Waals surface area contributed by atoms with Gasteiger partial charge in [0, 0.05) is 12.6 Å². The maximum Gasteiger partial charge on any atom is 0.308 e. The zero-order chi connectivity index (χ0) is 13.0. The molecule has 1 saturated carbocycles. The van der Waals surface area contributed by atoms with Crippen molar-refractivity contribution in [1.29, 1.82) is 0 Å². The first-order chi connectivity index (χ1) is 7.95. The Morgan fingerprint density at radius 3 is 2.53 bits per heavy atom. The topological polar surface area (TPSA) is 40.5 Å². The molecule has 0 amide bonds. The fourth-order valence-electron chi connectivity index (χ4n) is 3.01. The summed E-state index contributed by atoms with van der Waals surface area (Å²) in [7, 11) is 0. The van der Waals surface area contributed by atoms with Crippen molar-refractivity contribution in [2.75, 3.05) is 13.1 Å². The summed E-state index contributed by atoms with van der Waals surface area (Å²) in [5.41, 5.74) is 0. The van der Waals surface area contributed by atoms with Crippen LogP contribution in [0.25, 0.3) is 0 Å². The van der Waals surface area contributed by atoms with Crippen molar-refractivity contribution < 1.29 is 9.90 Å². The van der Waals surface area contributed by atoms with E-state index in [1.807, 2.05) is 0 Å². The molecule has 0 aromatic heterocycles. The Hall–Kier alpha value is -0.570. The van der Waals surface area contributed by atoms with Gasteiger partial charge in [-0.25, -0.2) is 0 Å². The summed E-state index contributed by atoms with van der Waals surface area (Å²) >= 11 is 0. The van der Waals surface area contributed by atoms with Crippen LogP contribution in [0.5, 0.6) is 0 Å². The van der Waals surface area contributed by atoms with Crippen LogP contribution in [0.2, 0.25) is 0 Å². The number of hydrogen-bond donors (Lipinski definition) is 1. The number of carboxylic acids is 1. The Balaban J connectivity index is 2.75. The van der Waals surface area contributed by atoms with Crippen molar-refractivity contribution in [3.63, 3.8) is 0 Å². The quantitative estimate of drug-likeness (QED) is 0.804. The molecule has 1 aliphatic rings. The lowest BCUT2D eigenvalue weighted by Gasteiger charge is -2.40. The van der Waals surface area contributed by atoms with Crippen molar-refractivity contribution in [3.05, 3.63) is 0 Å². The molecule has 0 bridgehead atoms. The predicted molar refractivity (Wildman–Crippen MR) is 70.0 cm³/mol. The van der Waals surface area contributed by atoms with Gasteiger partial charge in [-0.3, -0.25) is 9.69 Å². The monoisotopic (exact) mass is 241 g/mol. The van der Waals surface area contributed by atoms with E-state index in [0.717, 1.165) is 32.4 Å². The first kappa shape index (κ1) is 14.5. The molecule has 3 heteroatoms. The van der Waals surface area contributed by atoms with Gasteiger partial charge in [-0.1, -0.05) is 27.7 Å². The molecule has 1 rings (SSSR count). The highest BCUT2D eigenvalue weighted by atomic mass is 16.4. The first-order valence-corrected chi connectivity index (χ1v) is 6.92. The zero-order valence-electron chi connectivity index (χ0n) is 11.6. The predicted octanol–water partition coefficient (Wildman–Crippen LogP) is 2.85. The molecule has 1 aliphatic carbocycles. The highest BCUT2D eigenvalue weighted by Crippen LogP contribution is 2.32. The SMILES string of the molecule is CCN(CC(C)C)C1CC(C)CCC1C(=O)O. The summed E-state index contributed by atoms with van der Waals surface area (Å²) in [5.74, 6) is 0.493. The molecule has 0 spiro atoms. The Bertz CT molecular complexity index is 253. The summed E-state index contributed by atoms with van der Waals surface area (Å²) in [4.78, 5) is 13.7. The molecule has 0 saturated heterocycles. The van der Waals surface area contributed by atoms with E-state index >= 15 is 0 Å². The molecule has 3 atom stereocenters. The van der Waals surface area contributed by atoms with Gasteiger partial charge in [-0.05, 0) is 37.6 Å². The minimum atomic E-state index is -0.607.